The lowest BCUT2D eigenvalue weighted by Crippen LogP contribution is -2.47. The monoisotopic (exact) mass is 297 g/mol. The summed E-state index contributed by atoms with van der Waals surface area (Å²) < 4.78 is 9.82. The minimum Gasteiger partial charge on any atom is -0.497 e. The van der Waals surface area contributed by atoms with Crippen molar-refractivity contribution in [3.05, 3.63) is 24.3 Å². The fourth-order valence-electron chi connectivity index (χ4n) is 1.65. The molecule has 0 spiro atoms. The Bertz CT molecular complexity index is 473. The fraction of sp³-hybridized carbons (Fsp3) is 0.429. The van der Waals surface area contributed by atoms with Gasteiger partial charge in [0.25, 0.3) is 0 Å². The number of aliphatic hydroxyl groups is 2. The van der Waals surface area contributed by atoms with Gasteiger partial charge < -0.3 is 25.0 Å². The Morgan fingerprint density at radius 2 is 1.90 bits per heavy atom. The zero-order valence-electron chi connectivity index (χ0n) is 11.9. The molecule has 0 saturated heterocycles. The van der Waals surface area contributed by atoms with E-state index in [1.165, 1.54) is 7.11 Å². The Morgan fingerprint density at radius 1 is 1.29 bits per heavy atom. The van der Waals surface area contributed by atoms with E-state index in [4.69, 9.17) is 14.6 Å². The lowest BCUT2D eigenvalue weighted by atomic mass is 10.1. The summed E-state index contributed by atoms with van der Waals surface area (Å²) in [5, 5.41) is 21.4. The molecule has 0 radical (unpaired) electrons. The van der Waals surface area contributed by atoms with Crippen molar-refractivity contribution in [3.8, 4) is 5.75 Å². The second-order valence-electron chi connectivity index (χ2n) is 4.17. The van der Waals surface area contributed by atoms with Gasteiger partial charge in [0.05, 0.1) is 13.7 Å². The number of ether oxygens (including phenoxy) is 2. The predicted octanol–water partition coefficient (Wildman–Crippen LogP) is -0.0389. The molecule has 1 rings (SSSR count). The highest BCUT2D eigenvalue weighted by molar-refractivity contribution is 5.92. The van der Waals surface area contributed by atoms with Crippen LogP contribution in [0.1, 0.15) is 6.92 Å². The van der Waals surface area contributed by atoms with Crippen molar-refractivity contribution in [2.45, 2.75) is 19.1 Å². The molecule has 0 aliphatic heterocycles. The molecule has 1 aromatic rings. The maximum absolute atomic E-state index is 11.8. The smallest absolute Gasteiger partial charge is 0.331 e. The van der Waals surface area contributed by atoms with Crippen LogP contribution >= 0.6 is 0 Å². The van der Waals surface area contributed by atoms with E-state index in [2.05, 4.69) is 5.32 Å². The average Bonchev–Trinajstić information content (AvgIpc) is 2.51. The lowest BCUT2D eigenvalue weighted by Gasteiger charge is -2.22. The van der Waals surface area contributed by atoms with Gasteiger partial charge in [-0.05, 0) is 31.2 Å². The zero-order chi connectivity index (χ0) is 15.8. The molecule has 7 heteroatoms. The van der Waals surface area contributed by atoms with E-state index in [-0.39, 0.29) is 6.61 Å². The third kappa shape index (κ3) is 4.73. The fourth-order valence-corrected chi connectivity index (χ4v) is 1.65. The molecule has 21 heavy (non-hydrogen) atoms. The van der Waals surface area contributed by atoms with E-state index in [0.717, 1.165) is 0 Å². The molecule has 7 nitrogen and oxygen atoms in total. The van der Waals surface area contributed by atoms with Gasteiger partial charge in [-0.15, -0.1) is 0 Å². The molecule has 0 unspecified atom stereocenters. The molecule has 2 atom stereocenters. The maximum Gasteiger partial charge on any atom is 0.331 e. The van der Waals surface area contributed by atoms with E-state index in [9.17, 15) is 14.7 Å². The van der Waals surface area contributed by atoms with Gasteiger partial charge in [0.2, 0.25) is 0 Å². The number of hydrogen-bond acceptors (Lipinski definition) is 7. The minimum atomic E-state index is -1.70. The van der Waals surface area contributed by atoms with Crippen molar-refractivity contribution in [1.29, 1.82) is 0 Å². The van der Waals surface area contributed by atoms with Crippen molar-refractivity contribution < 1.29 is 29.3 Å². The summed E-state index contributed by atoms with van der Waals surface area (Å²) in [5.74, 6) is -1.02. The molecule has 0 bridgehead atoms. The first kappa shape index (κ1) is 16.9. The van der Waals surface area contributed by atoms with Crippen LogP contribution in [0.3, 0.4) is 0 Å². The number of aliphatic hydroxyl groups excluding tert-OH is 2. The summed E-state index contributed by atoms with van der Waals surface area (Å²) in [6, 6.07) is 5.27. The summed E-state index contributed by atoms with van der Waals surface area (Å²) in [7, 11) is 1.52. The number of carbonyl (C=O) groups is 2. The van der Waals surface area contributed by atoms with Gasteiger partial charge in [0, 0.05) is 5.69 Å². The first-order valence-corrected chi connectivity index (χ1v) is 6.42. The molecule has 0 aliphatic rings. The van der Waals surface area contributed by atoms with Gasteiger partial charge in [0.15, 0.2) is 11.8 Å². The summed E-state index contributed by atoms with van der Waals surface area (Å²) in [4.78, 5) is 23.2. The summed E-state index contributed by atoms with van der Waals surface area (Å²) in [5.41, 5.74) is 0.499. The van der Waals surface area contributed by atoms with Gasteiger partial charge in [-0.2, -0.15) is 0 Å². The number of methoxy groups -OCH3 is 1. The molecule has 0 saturated carbocycles. The number of Topliss-reactive ketones (excluding diaryl/α,β-unsaturated/α-hetero) is 1. The molecule has 3 N–H and O–H groups in total. The molecule has 1 aromatic carbocycles. The number of nitrogens with one attached hydrogen (secondary N) is 1. The Labute approximate surface area is 122 Å². The number of benzene rings is 1. The van der Waals surface area contributed by atoms with Crippen LogP contribution in [0.5, 0.6) is 5.75 Å². The van der Waals surface area contributed by atoms with Crippen molar-refractivity contribution in [2.75, 3.05) is 25.6 Å². The Hall–Kier alpha value is -2.12. The van der Waals surface area contributed by atoms with Crippen LogP contribution in [0.4, 0.5) is 5.69 Å². The average molecular weight is 297 g/mol. The molecule has 0 fully saturated rings. The topological polar surface area (TPSA) is 105 Å². The number of anilines is 1. The van der Waals surface area contributed by atoms with E-state index in [0.29, 0.717) is 11.4 Å². The second kappa shape index (κ2) is 8.23. The van der Waals surface area contributed by atoms with Crippen molar-refractivity contribution >= 4 is 17.4 Å². The van der Waals surface area contributed by atoms with Gasteiger partial charge in [-0.1, -0.05) is 0 Å². The zero-order valence-corrected chi connectivity index (χ0v) is 11.9. The van der Waals surface area contributed by atoms with Gasteiger partial charge in [-0.25, -0.2) is 4.79 Å². The van der Waals surface area contributed by atoms with E-state index in [1.54, 1.807) is 31.2 Å². The number of carbonyl (C=O) groups excluding carboxylic acids is 2. The highest BCUT2D eigenvalue weighted by atomic mass is 16.5. The number of esters is 1. The summed E-state index contributed by atoms with van der Waals surface area (Å²) >= 11 is 0. The molecule has 116 valence electrons. The molecular weight excluding hydrogens is 278 g/mol. The quantitative estimate of drug-likeness (QED) is 0.578. The first-order valence-electron chi connectivity index (χ1n) is 6.42. The van der Waals surface area contributed by atoms with Crippen LogP contribution in [-0.4, -0.2) is 54.4 Å². The predicted molar refractivity (Wildman–Crippen MR) is 75.1 cm³/mol. The summed E-state index contributed by atoms with van der Waals surface area (Å²) in [6.45, 7) is 0.865. The van der Waals surface area contributed by atoms with Crippen molar-refractivity contribution in [1.82, 2.24) is 0 Å². The third-order valence-corrected chi connectivity index (χ3v) is 2.75. The van der Waals surface area contributed by atoms with E-state index < -0.39 is 30.5 Å². The van der Waals surface area contributed by atoms with E-state index in [1.807, 2.05) is 0 Å². The molecule has 0 heterocycles. The molecule has 0 amide bonds. The number of hydrogen-bond donors (Lipinski definition) is 3. The normalized spacial score (nSPS) is 13.1. The molecule has 0 aliphatic carbocycles. The number of rotatable bonds is 8. The van der Waals surface area contributed by atoms with Crippen molar-refractivity contribution in [2.24, 2.45) is 0 Å². The van der Waals surface area contributed by atoms with Crippen LogP contribution in [0.15, 0.2) is 24.3 Å². The highest BCUT2D eigenvalue weighted by Gasteiger charge is 2.32. The van der Waals surface area contributed by atoms with Crippen LogP contribution in [0, 0.1) is 0 Å². The lowest BCUT2D eigenvalue weighted by molar-refractivity contribution is -0.150. The Morgan fingerprint density at radius 3 is 2.38 bits per heavy atom. The van der Waals surface area contributed by atoms with Crippen LogP contribution in [-0.2, 0) is 14.3 Å². The Balaban J connectivity index is 2.89. The standard InChI is InChI=1S/C14H19NO6/c1-3-21-14(19)12(13(18)11(17)8-16)15-9-4-6-10(20-2)7-5-9/h4-7,12-13,15-16,18H,3,8H2,1-2H3/t12-,13-/m0/s1. The molecule has 0 aromatic heterocycles. The second-order valence-corrected chi connectivity index (χ2v) is 4.17. The highest BCUT2D eigenvalue weighted by Crippen LogP contribution is 2.17. The SMILES string of the molecule is CCOC(=O)[C@@H](Nc1ccc(OC)cc1)[C@@H](O)C(=O)CO. The first-order chi connectivity index (χ1) is 10.0. The van der Waals surface area contributed by atoms with Crippen LogP contribution < -0.4 is 10.1 Å². The minimum absolute atomic E-state index is 0.111. The van der Waals surface area contributed by atoms with Gasteiger partial charge in [0.1, 0.15) is 18.5 Å². The Kier molecular flexibility index (Phi) is 6.64. The van der Waals surface area contributed by atoms with Crippen molar-refractivity contribution in [3.63, 3.8) is 0 Å². The van der Waals surface area contributed by atoms with Gasteiger partial charge in [-0.3, -0.25) is 4.79 Å². The van der Waals surface area contributed by atoms with Crippen LogP contribution in [0.2, 0.25) is 0 Å². The van der Waals surface area contributed by atoms with Crippen LogP contribution in [0.25, 0.3) is 0 Å². The van der Waals surface area contributed by atoms with Gasteiger partial charge >= 0.3 is 5.97 Å². The summed E-state index contributed by atoms with van der Waals surface area (Å²) in [6.07, 6.45) is -1.70. The third-order valence-electron chi connectivity index (χ3n) is 2.75. The molecular formula is C14H19NO6. The number of ketones is 1. The maximum atomic E-state index is 11.8. The van der Waals surface area contributed by atoms with E-state index >= 15 is 0 Å². The largest absolute Gasteiger partial charge is 0.497 e.